The number of ether oxygens (including phenoxy) is 1. The van der Waals surface area contributed by atoms with Gasteiger partial charge in [0.15, 0.2) is 0 Å². The third-order valence-electron chi connectivity index (χ3n) is 4.88. The molecule has 0 saturated heterocycles. The highest BCUT2D eigenvalue weighted by atomic mass is 16.5. The molecule has 2 aromatic heterocycles. The first kappa shape index (κ1) is 18.3. The first-order valence-corrected chi connectivity index (χ1v) is 9.47. The molecule has 1 aliphatic rings. The van der Waals surface area contributed by atoms with E-state index in [0.29, 0.717) is 12.4 Å². The summed E-state index contributed by atoms with van der Waals surface area (Å²) in [5.41, 5.74) is 9.83. The van der Waals surface area contributed by atoms with Gasteiger partial charge in [-0.15, -0.1) is 0 Å². The maximum atomic E-state index is 5.98. The van der Waals surface area contributed by atoms with Gasteiger partial charge in [-0.25, -0.2) is 4.98 Å². The summed E-state index contributed by atoms with van der Waals surface area (Å²) in [4.78, 5) is 8.73. The Morgan fingerprint density at radius 3 is 2.71 bits per heavy atom. The highest BCUT2D eigenvalue weighted by molar-refractivity contribution is 5.61. The van der Waals surface area contributed by atoms with Crippen LogP contribution in [0.1, 0.15) is 32.0 Å². The Morgan fingerprint density at radius 2 is 2.00 bits per heavy atom. The predicted molar refractivity (Wildman–Crippen MR) is 110 cm³/mol. The molecule has 7 nitrogen and oxygen atoms in total. The Hall–Kier alpha value is -3.09. The van der Waals surface area contributed by atoms with E-state index in [2.05, 4.69) is 53.3 Å². The van der Waals surface area contributed by atoms with Crippen LogP contribution in [-0.4, -0.2) is 32.4 Å². The molecule has 3 heterocycles. The van der Waals surface area contributed by atoms with Crippen LogP contribution in [0.4, 0.5) is 11.8 Å². The number of hydrogen-bond donors (Lipinski definition) is 2. The summed E-state index contributed by atoms with van der Waals surface area (Å²) in [5.74, 6) is 1.87. The number of nitrogens with one attached hydrogen (secondary N) is 1. The molecule has 0 bridgehead atoms. The number of rotatable bonds is 4. The van der Waals surface area contributed by atoms with Gasteiger partial charge in [-0.2, -0.15) is 10.1 Å². The van der Waals surface area contributed by atoms with Gasteiger partial charge in [0.2, 0.25) is 5.95 Å². The zero-order valence-corrected chi connectivity index (χ0v) is 16.7. The Labute approximate surface area is 165 Å². The van der Waals surface area contributed by atoms with E-state index in [0.717, 1.165) is 29.3 Å². The van der Waals surface area contributed by atoms with Crippen molar-refractivity contribution < 1.29 is 4.74 Å². The number of nitrogens with two attached hydrogens (primary N) is 1. The summed E-state index contributed by atoms with van der Waals surface area (Å²) in [5, 5.41) is 7.97. The number of nitrogens with zero attached hydrogens (tertiary/aromatic N) is 4. The normalized spacial score (nSPS) is 15.9. The van der Waals surface area contributed by atoms with Crippen molar-refractivity contribution in [1.29, 1.82) is 0 Å². The number of anilines is 2. The molecule has 3 aromatic rings. The van der Waals surface area contributed by atoms with Gasteiger partial charge in [0.25, 0.3) is 0 Å². The lowest BCUT2D eigenvalue weighted by Gasteiger charge is -2.14. The molecule has 1 atom stereocenters. The third kappa shape index (κ3) is 3.65. The van der Waals surface area contributed by atoms with Gasteiger partial charge in [-0.05, 0) is 17.7 Å². The van der Waals surface area contributed by atoms with E-state index in [1.807, 2.05) is 36.0 Å². The second-order valence-corrected chi connectivity index (χ2v) is 8.22. The fraction of sp³-hybridized carbons (Fsp3) is 0.381. The Bertz CT molecular complexity index is 979. The molecule has 1 aliphatic heterocycles. The van der Waals surface area contributed by atoms with Crippen LogP contribution in [0.15, 0.2) is 36.4 Å². The molecule has 0 unspecified atom stereocenters. The van der Waals surface area contributed by atoms with Crippen molar-refractivity contribution in [3.05, 3.63) is 47.7 Å². The van der Waals surface area contributed by atoms with E-state index in [4.69, 9.17) is 10.5 Å². The first-order chi connectivity index (χ1) is 13.3. The minimum atomic E-state index is -0.0372. The zero-order chi connectivity index (χ0) is 19.9. The number of aromatic nitrogens is 4. The summed E-state index contributed by atoms with van der Waals surface area (Å²) in [6.07, 6.45) is 0.953. The Balaban J connectivity index is 1.51. The maximum absolute atomic E-state index is 5.98. The van der Waals surface area contributed by atoms with Crippen molar-refractivity contribution >= 4 is 11.8 Å². The van der Waals surface area contributed by atoms with Crippen LogP contribution in [0.3, 0.4) is 0 Å². The quantitative estimate of drug-likeness (QED) is 0.725. The molecule has 0 radical (unpaired) electrons. The van der Waals surface area contributed by atoms with Gasteiger partial charge < -0.3 is 15.8 Å². The summed E-state index contributed by atoms with van der Waals surface area (Å²) < 4.78 is 7.82. The zero-order valence-electron chi connectivity index (χ0n) is 16.7. The van der Waals surface area contributed by atoms with Crippen LogP contribution >= 0.6 is 0 Å². The molecule has 4 rings (SSSR count). The van der Waals surface area contributed by atoms with Gasteiger partial charge in [-0.1, -0.05) is 39.0 Å². The lowest BCUT2D eigenvalue weighted by molar-refractivity contribution is 0.246. The summed E-state index contributed by atoms with van der Waals surface area (Å²) in [6.45, 7) is 7.06. The van der Waals surface area contributed by atoms with Crippen molar-refractivity contribution in [2.45, 2.75) is 38.7 Å². The maximum Gasteiger partial charge on any atom is 0.222 e. The third-order valence-corrected chi connectivity index (χ3v) is 4.88. The van der Waals surface area contributed by atoms with Crippen molar-refractivity contribution in [3.8, 4) is 17.1 Å². The van der Waals surface area contributed by atoms with Crippen LogP contribution in [0, 0.1) is 0 Å². The Morgan fingerprint density at radius 1 is 1.21 bits per heavy atom. The van der Waals surface area contributed by atoms with Crippen LogP contribution in [0.5, 0.6) is 5.75 Å². The second kappa shape index (κ2) is 6.82. The standard InChI is InChI=1S/C21H26N6O/c1-21(2,3)18-11-16(27(4)26-18)15-10-19(25-20(22)24-15)23-12-14-9-13-7-5-6-8-17(13)28-14/h5-8,10-11,14H,9,12H2,1-4H3,(H3,22,23,24,25)/t14-/m0/s1. The highest BCUT2D eigenvalue weighted by Gasteiger charge is 2.23. The van der Waals surface area contributed by atoms with Crippen LogP contribution in [0.25, 0.3) is 11.4 Å². The number of aryl methyl sites for hydroxylation is 1. The van der Waals surface area contributed by atoms with Gasteiger partial charge >= 0.3 is 0 Å². The van der Waals surface area contributed by atoms with E-state index in [9.17, 15) is 0 Å². The Kier molecular flexibility index (Phi) is 4.45. The molecule has 0 amide bonds. The van der Waals surface area contributed by atoms with E-state index >= 15 is 0 Å². The van der Waals surface area contributed by atoms with Crippen LogP contribution in [0.2, 0.25) is 0 Å². The number of para-hydroxylation sites is 1. The molecule has 146 valence electrons. The summed E-state index contributed by atoms with van der Waals surface area (Å²) in [6, 6.07) is 12.1. The number of benzene rings is 1. The smallest absolute Gasteiger partial charge is 0.222 e. The molecular formula is C21H26N6O. The number of fused-ring (bicyclic) bond motifs is 1. The molecule has 0 spiro atoms. The van der Waals surface area contributed by atoms with Gasteiger partial charge in [0.1, 0.15) is 17.7 Å². The lowest BCUT2D eigenvalue weighted by atomic mass is 9.92. The van der Waals surface area contributed by atoms with Gasteiger partial charge in [-0.3, -0.25) is 4.68 Å². The molecular weight excluding hydrogens is 352 g/mol. The minimum Gasteiger partial charge on any atom is -0.488 e. The average Bonchev–Trinajstić information content (AvgIpc) is 3.22. The monoisotopic (exact) mass is 378 g/mol. The van der Waals surface area contributed by atoms with E-state index in [1.165, 1.54) is 5.56 Å². The van der Waals surface area contributed by atoms with Crippen LogP contribution in [-0.2, 0) is 18.9 Å². The fourth-order valence-corrected chi connectivity index (χ4v) is 3.35. The van der Waals surface area contributed by atoms with Crippen molar-refractivity contribution in [3.63, 3.8) is 0 Å². The topological polar surface area (TPSA) is 90.9 Å². The molecule has 3 N–H and O–H groups in total. The van der Waals surface area contributed by atoms with E-state index in [1.54, 1.807) is 0 Å². The van der Waals surface area contributed by atoms with E-state index < -0.39 is 0 Å². The number of hydrogen-bond acceptors (Lipinski definition) is 6. The first-order valence-electron chi connectivity index (χ1n) is 9.47. The fourth-order valence-electron chi connectivity index (χ4n) is 3.35. The molecule has 28 heavy (non-hydrogen) atoms. The second-order valence-electron chi connectivity index (χ2n) is 8.22. The van der Waals surface area contributed by atoms with Gasteiger partial charge in [0.05, 0.1) is 23.6 Å². The predicted octanol–water partition coefficient (Wildman–Crippen LogP) is 3.17. The molecule has 7 heteroatoms. The lowest BCUT2D eigenvalue weighted by Crippen LogP contribution is -2.24. The largest absolute Gasteiger partial charge is 0.488 e. The average molecular weight is 378 g/mol. The molecule has 0 aliphatic carbocycles. The SMILES string of the molecule is Cn1nc(C(C)(C)C)cc1-c1cc(NC[C@@H]2Cc3ccccc3O2)nc(N)n1. The van der Waals surface area contributed by atoms with Gasteiger partial charge in [0, 0.05) is 24.9 Å². The molecule has 1 aromatic carbocycles. The summed E-state index contributed by atoms with van der Waals surface area (Å²) >= 11 is 0. The molecule has 0 saturated carbocycles. The van der Waals surface area contributed by atoms with Crippen molar-refractivity contribution in [1.82, 2.24) is 19.7 Å². The van der Waals surface area contributed by atoms with E-state index in [-0.39, 0.29) is 17.5 Å². The van der Waals surface area contributed by atoms with Crippen molar-refractivity contribution in [2.75, 3.05) is 17.6 Å². The van der Waals surface area contributed by atoms with Crippen molar-refractivity contribution in [2.24, 2.45) is 7.05 Å². The number of nitrogen functional groups attached to an aromatic ring is 1. The minimum absolute atomic E-state index is 0.0372. The van der Waals surface area contributed by atoms with Crippen LogP contribution < -0.4 is 15.8 Å². The summed E-state index contributed by atoms with van der Waals surface area (Å²) in [7, 11) is 1.92. The highest BCUT2D eigenvalue weighted by Crippen LogP contribution is 2.29. The molecule has 0 fully saturated rings.